The van der Waals surface area contributed by atoms with Crippen molar-refractivity contribution in [2.75, 3.05) is 11.1 Å². The summed E-state index contributed by atoms with van der Waals surface area (Å²) in [5, 5.41) is 11.7. The van der Waals surface area contributed by atoms with Gasteiger partial charge in [-0.1, -0.05) is 11.8 Å². The normalized spacial score (nSPS) is 13.6. The highest BCUT2D eigenvalue weighted by Gasteiger charge is 2.30. The van der Waals surface area contributed by atoms with Gasteiger partial charge in [-0.05, 0) is 37.1 Å². The predicted octanol–water partition coefficient (Wildman–Crippen LogP) is 3.68. The summed E-state index contributed by atoms with van der Waals surface area (Å²) in [6.45, 7) is 0. The van der Waals surface area contributed by atoms with E-state index >= 15 is 0 Å². The number of benzene rings is 1. The van der Waals surface area contributed by atoms with Gasteiger partial charge in [0.15, 0.2) is 22.6 Å². The van der Waals surface area contributed by atoms with Crippen LogP contribution >= 0.6 is 11.8 Å². The molecule has 138 valence electrons. The summed E-state index contributed by atoms with van der Waals surface area (Å²) < 4.78 is 28.2. The third kappa shape index (κ3) is 3.97. The molecule has 0 radical (unpaired) electrons. The zero-order chi connectivity index (χ0) is 18.8. The van der Waals surface area contributed by atoms with Crippen molar-refractivity contribution in [1.82, 2.24) is 19.7 Å². The largest absolute Gasteiger partial charge is 0.325 e. The number of carbonyl (C=O) groups is 1. The van der Waals surface area contributed by atoms with E-state index in [2.05, 4.69) is 20.5 Å². The van der Waals surface area contributed by atoms with Gasteiger partial charge in [-0.15, -0.1) is 10.2 Å². The van der Waals surface area contributed by atoms with Gasteiger partial charge in [-0.3, -0.25) is 14.3 Å². The first-order valence-electron chi connectivity index (χ1n) is 8.35. The monoisotopic (exact) mass is 387 g/mol. The van der Waals surface area contributed by atoms with E-state index in [-0.39, 0.29) is 17.3 Å². The Kier molecular flexibility index (Phi) is 4.85. The number of hydrogen-bond acceptors (Lipinski definition) is 5. The topological polar surface area (TPSA) is 72.7 Å². The number of nitrogens with zero attached hydrogens (tertiary/aromatic N) is 4. The molecule has 1 aliphatic rings. The molecule has 0 atom stereocenters. The van der Waals surface area contributed by atoms with E-state index < -0.39 is 11.6 Å². The second-order valence-corrected chi connectivity index (χ2v) is 7.05. The van der Waals surface area contributed by atoms with Crippen molar-refractivity contribution in [3.8, 4) is 11.4 Å². The van der Waals surface area contributed by atoms with Gasteiger partial charge in [0, 0.05) is 35.8 Å². The fraction of sp³-hybridized carbons (Fsp3) is 0.222. The van der Waals surface area contributed by atoms with E-state index in [4.69, 9.17) is 0 Å². The van der Waals surface area contributed by atoms with Gasteiger partial charge in [0.25, 0.3) is 0 Å². The quantitative estimate of drug-likeness (QED) is 0.653. The summed E-state index contributed by atoms with van der Waals surface area (Å²) in [5.41, 5.74) is 1.13. The number of rotatable bonds is 6. The van der Waals surface area contributed by atoms with Crippen LogP contribution < -0.4 is 5.32 Å². The fourth-order valence-electron chi connectivity index (χ4n) is 2.64. The van der Waals surface area contributed by atoms with Crippen LogP contribution in [0.4, 0.5) is 14.5 Å². The van der Waals surface area contributed by atoms with Crippen LogP contribution in [0.5, 0.6) is 0 Å². The van der Waals surface area contributed by atoms with Crippen molar-refractivity contribution in [2.45, 2.75) is 24.0 Å². The first kappa shape index (κ1) is 17.6. The molecule has 1 aromatic carbocycles. The minimum Gasteiger partial charge on any atom is -0.325 e. The van der Waals surface area contributed by atoms with E-state index in [9.17, 15) is 13.6 Å². The maximum absolute atomic E-state index is 13.2. The Labute approximate surface area is 158 Å². The SMILES string of the molecule is O=C(CSc1nnc(-c2ccncc2)n1C1CC1)Nc1ccc(F)c(F)c1. The molecule has 1 N–H and O–H groups in total. The lowest BCUT2D eigenvalue weighted by atomic mass is 10.2. The van der Waals surface area contributed by atoms with Crippen molar-refractivity contribution in [2.24, 2.45) is 0 Å². The van der Waals surface area contributed by atoms with Gasteiger partial charge in [-0.2, -0.15) is 0 Å². The highest BCUT2D eigenvalue weighted by Crippen LogP contribution is 2.40. The molecule has 0 aliphatic heterocycles. The maximum Gasteiger partial charge on any atom is 0.234 e. The molecular weight excluding hydrogens is 372 g/mol. The second-order valence-electron chi connectivity index (χ2n) is 6.11. The molecule has 1 aliphatic carbocycles. The molecule has 1 amide bonds. The van der Waals surface area contributed by atoms with Crippen molar-refractivity contribution in [3.05, 3.63) is 54.4 Å². The molecule has 6 nitrogen and oxygen atoms in total. The zero-order valence-electron chi connectivity index (χ0n) is 14.1. The Bertz CT molecular complexity index is 975. The van der Waals surface area contributed by atoms with Crippen LogP contribution in [0.1, 0.15) is 18.9 Å². The molecule has 27 heavy (non-hydrogen) atoms. The highest BCUT2D eigenvalue weighted by molar-refractivity contribution is 7.99. The third-order valence-electron chi connectivity index (χ3n) is 4.05. The predicted molar refractivity (Wildman–Crippen MR) is 97.2 cm³/mol. The smallest absolute Gasteiger partial charge is 0.234 e. The van der Waals surface area contributed by atoms with Crippen LogP contribution in [-0.2, 0) is 4.79 Å². The van der Waals surface area contributed by atoms with Gasteiger partial charge in [0.2, 0.25) is 5.91 Å². The minimum atomic E-state index is -1.00. The van der Waals surface area contributed by atoms with E-state index in [1.165, 1.54) is 17.8 Å². The van der Waals surface area contributed by atoms with Gasteiger partial charge < -0.3 is 5.32 Å². The maximum atomic E-state index is 13.2. The molecule has 0 unspecified atom stereocenters. The number of nitrogens with one attached hydrogen (secondary N) is 1. The molecule has 3 aromatic rings. The summed E-state index contributed by atoms with van der Waals surface area (Å²) in [6.07, 6.45) is 5.49. The zero-order valence-corrected chi connectivity index (χ0v) is 14.9. The lowest BCUT2D eigenvalue weighted by molar-refractivity contribution is -0.113. The van der Waals surface area contributed by atoms with E-state index in [0.717, 1.165) is 36.4 Å². The number of carbonyl (C=O) groups excluding carboxylic acids is 1. The lowest BCUT2D eigenvalue weighted by Crippen LogP contribution is -2.15. The average Bonchev–Trinajstić information content (AvgIpc) is 3.43. The molecule has 0 spiro atoms. The Hall–Kier alpha value is -2.81. The Morgan fingerprint density at radius 3 is 2.63 bits per heavy atom. The summed E-state index contributed by atoms with van der Waals surface area (Å²) in [5.74, 6) is -1.45. The summed E-state index contributed by atoms with van der Waals surface area (Å²) in [7, 11) is 0. The van der Waals surface area contributed by atoms with Crippen LogP contribution in [0.15, 0.2) is 47.9 Å². The number of halogens is 2. The molecule has 2 aromatic heterocycles. The van der Waals surface area contributed by atoms with Crippen molar-refractivity contribution >= 4 is 23.4 Å². The number of amides is 1. The van der Waals surface area contributed by atoms with Crippen LogP contribution in [-0.4, -0.2) is 31.4 Å². The first-order chi connectivity index (χ1) is 13.1. The van der Waals surface area contributed by atoms with Gasteiger partial charge in [0.05, 0.1) is 5.75 Å². The molecule has 9 heteroatoms. The lowest BCUT2D eigenvalue weighted by Gasteiger charge is -2.09. The van der Waals surface area contributed by atoms with E-state index in [1.54, 1.807) is 12.4 Å². The third-order valence-corrected chi connectivity index (χ3v) is 4.99. The Balaban J connectivity index is 1.46. The second kappa shape index (κ2) is 7.43. The molecule has 4 rings (SSSR count). The number of pyridine rings is 1. The highest BCUT2D eigenvalue weighted by atomic mass is 32.2. The molecule has 0 saturated heterocycles. The van der Waals surface area contributed by atoms with E-state index in [1.807, 2.05) is 16.7 Å². The summed E-state index contributed by atoms with van der Waals surface area (Å²) in [6, 6.07) is 7.31. The van der Waals surface area contributed by atoms with Gasteiger partial charge in [0.1, 0.15) is 0 Å². The Morgan fingerprint density at radius 1 is 1.15 bits per heavy atom. The molecule has 0 bridgehead atoms. The minimum absolute atomic E-state index is 0.0835. The van der Waals surface area contributed by atoms with Crippen molar-refractivity contribution < 1.29 is 13.6 Å². The van der Waals surface area contributed by atoms with Crippen LogP contribution in [0.25, 0.3) is 11.4 Å². The van der Waals surface area contributed by atoms with Gasteiger partial charge in [-0.25, -0.2) is 8.78 Å². The van der Waals surface area contributed by atoms with Crippen LogP contribution in [0.2, 0.25) is 0 Å². The van der Waals surface area contributed by atoms with E-state index in [0.29, 0.717) is 11.2 Å². The number of aromatic nitrogens is 4. The number of anilines is 1. The number of thioether (sulfide) groups is 1. The summed E-state index contributed by atoms with van der Waals surface area (Å²) >= 11 is 1.26. The summed E-state index contributed by atoms with van der Waals surface area (Å²) in [4.78, 5) is 16.2. The molecule has 1 saturated carbocycles. The van der Waals surface area contributed by atoms with Crippen molar-refractivity contribution in [3.63, 3.8) is 0 Å². The Morgan fingerprint density at radius 2 is 1.93 bits per heavy atom. The van der Waals surface area contributed by atoms with Crippen LogP contribution in [0, 0.1) is 11.6 Å². The van der Waals surface area contributed by atoms with Gasteiger partial charge >= 0.3 is 0 Å². The average molecular weight is 387 g/mol. The molecular formula is C18H15F2N5OS. The first-order valence-corrected chi connectivity index (χ1v) is 9.33. The fourth-order valence-corrected chi connectivity index (χ4v) is 3.44. The van der Waals surface area contributed by atoms with Crippen molar-refractivity contribution in [1.29, 1.82) is 0 Å². The molecule has 1 fully saturated rings. The van der Waals surface area contributed by atoms with Crippen LogP contribution in [0.3, 0.4) is 0 Å². The standard InChI is InChI=1S/C18H15F2N5OS/c19-14-4-1-12(9-15(14)20)22-16(26)10-27-18-24-23-17(25(18)13-2-3-13)11-5-7-21-8-6-11/h1,4-9,13H,2-3,10H2,(H,22,26). The molecule has 2 heterocycles. The number of hydrogen-bond donors (Lipinski definition) is 1.